The molecule has 4 aromatic rings. The highest BCUT2D eigenvalue weighted by Gasteiger charge is 2.19. The van der Waals surface area contributed by atoms with E-state index in [2.05, 4.69) is 36.3 Å². The van der Waals surface area contributed by atoms with Crippen molar-refractivity contribution < 1.29 is 4.42 Å². The summed E-state index contributed by atoms with van der Waals surface area (Å²) in [5, 5.41) is 4.80. The third kappa shape index (κ3) is 2.69. The molecular formula is C20H21N3O. The predicted octanol–water partition coefficient (Wildman–Crippen LogP) is 4.80. The Balaban J connectivity index is 1.59. The smallest absolute Gasteiger partial charge is 0.134 e. The van der Waals surface area contributed by atoms with Crippen molar-refractivity contribution in [1.29, 1.82) is 0 Å². The summed E-state index contributed by atoms with van der Waals surface area (Å²) in [5.74, 6) is 1.41. The molecule has 0 unspecified atom stereocenters. The summed E-state index contributed by atoms with van der Waals surface area (Å²) in [7, 11) is 0. The van der Waals surface area contributed by atoms with E-state index in [1.165, 1.54) is 5.56 Å². The Morgan fingerprint density at radius 2 is 1.88 bits per heavy atom. The van der Waals surface area contributed by atoms with Crippen LogP contribution < -0.4 is 5.32 Å². The Bertz CT molecular complexity index is 934. The molecule has 1 atom stereocenters. The van der Waals surface area contributed by atoms with E-state index in [1.54, 1.807) is 0 Å². The van der Waals surface area contributed by atoms with E-state index in [0.717, 1.165) is 34.4 Å². The molecule has 0 radical (unpaired) electrons. The van der Waals surface area contributed by atoms with E-state index in [-0.39, 0.29) is 6.04 Å². The van der Waals surface area contributed by atoms with Crippen LogP contribution in [0.5, 0.6) is 0 Å². The molecule has 24 heavy (non-hydrogen) atoms. The van der Waals surface area contributed by atoms with Crippen LogP contribution >= 0.6 is 0 Å². The minimum atomic E-state index is 0.158. The molecule has 2 aromatic carbocycles. The van der Waals surface area contributed by atoms with Crippen molar-refractivity contribution in [2.24, 2.45) is 5.92 Å². The van der Waals surface area contributed by atoms with Crippen molar-refractivity contribution in [2.45, 2.75) is 26.4 Å². The molecule has 4 nitrogen and oxygen atoms in total. The molecule has 4 heteroatoms. The van der Waals surface area contributed by atoms with E-state index in [1.807, 2.05) is 42.7 Å². The molecular weight excluding hydrogens is 298 g/mol. The summed E-state index contributed by atoms with van der Waals surface area (Å²) >= 11 is 0. The fourth-order valence-corrected chi connectivity index (χ4v) is 3.16. The van der Waals surface area contributed by atoms with Gasteiger partial charge in [0.2, 0.25) is 0 Å². The summed E-state index contributed by atoms with van der Waals surface area (Å²) < 4.78 is 5.63. The lowest BCUT2D eigenvalue weighted by atomic mass is 10.0. The lowest BCUT2D eigenvalue weighted by molar-refractivity contribution is 0.395. The number of fused-ring (bicyclic) bond motifs is 2. The number of aromatic nitrogens is 2. The molecule has 0 fully saturated rings. The van der Waals surface area contributed by atoms with Crippen LogP contribution in [0.15, 0.2) is 59.2 Å². The average molecular weight is 319 g/mol. The van der Waals surface area contributed by atoms with Gasteiger partial charge in [-0.25, -0.2) is 4.98 Å². The van der Waals surface area contributed by atoms with Gasteiger partial charge >= 0.3 is 0 Å². The fourth-order valence-electron chi connectivity index (χ4n) is 3.16. The first kappa shape index (κ1) is 15.0. The van der Waals surface area contributed by atoms with E-state index in [4.69, 9.17) is 9.40 Å². The van der Waals surface area contributed by atoms with Crippen LogP contribution in [0.25, 0.3) is 22.0 Å². The number of para-hydroxylation sites is 3. The van der Waals surface area contributed by atoms with E-state index in [9.17, 15) is 0 Å². The van der Waals surface area contributed by atoms with Gasteiger partial charge in [0, 0.05) is 17.5 Å². The molecule has 0 saturated heterocycles. The van der Waals surface area contributed by atoms with Crippen molar-refractivity contribution in [3.63, 3.8) is 0 Å². The third-order valence-electron chi connectivity index (χ3n) is 4.44. The summed E-state index contributed by atoms with van der Waals surface area (Å²) in [6, 6.07) is 16.4. The SMILES string of the molecule is CC(C)[C@H](NCc1coc2ccccc12)c1nc2ccccc2[nH]1. The lowest BCUT2D eigenvalue weighted by Gasteiger charge is -2.20. The fraction of sp³-hybridized carbons (Fsp3) is 0.250. The predicted molar refractivity (Wildman–Crippen MR) is 96.7 cm³/mol. The Kier molecular flexibility index (Phi) is 3.82. The number of H-pyrrole nitrogens is 1. The normalized spacial score (nSPS) is 13.1. The Morgan fingerprint density at radius 1 is 1.08 bits per heavy atom. The molecule has 2 aromatic heterocycles. The minimum absolute atomic E-state index is 0.158. The zero-order valence-corrected chi connectivity index (χ0v) is 13.9. The maximum absolute atomic E-state index is 5.63. The van der Waals surface area contributed by atoms with Crippen LogP contribution in [0.1, 0.15) is 31.3 Å². The van der Waals surface area contributed by atoms with Crippen LogP contribution in [0, 0.1) is 5.92 Å². The zero-order chi connectivity index (χ0) is 16.5. The van der Waals surface area contributed by atoms with Gasteiger partial charge in [-0.2, -0.15) is 0 Å². The highest BCUT2D eigenvalue weighted by molar-refractivity contribution is 5.80. The maximum atomic E-state index is 5.63. The number of nitrogens with one attached hydrogen (secondary N) is 2. The zero-order valence-electron chi connectivity index (χ0n) is 13.9. The second-order valence-electron chi connectivity index (χ2n) is 6.50. The average Bonchev–Trinajstić information content (AvgIpc) is 3.19. The topological polar surface area (TPSA) is 53.9 Å². The van der Waals surface area contributed by atoms with Gasteiger partial charge in [-0.3, -0.25) is 0 Å². The Hall–Kier alpha value is -2.59. The van der Waals surface area contributed by atoms with E-state index >= 15 is 0 Å². The van der Waals surface area contributed by atoms with Crippen LogP contribution in [0.3, 0.4) is 0 Å². The van der Waals surface area contributed by atoms with Gasteiger partial charge in [-0.05, 0) is 24.1 Å². The quantitative estimate of drug-likeness (QED) is 0.556. The largest absolute Gasteiger partial charge is 0.464 e. The highest BCUT2D eigenvalue weighted by atomic mass is 16.3. The summed E-state index contributed by atoms with van der Waals surface area (Å²) in [6.45, 7) is 5.16. The minimum Gasteiger partial charge on any atom is -0.464 e. The monoisotopic (exact) mass is 319 g/mol. The number of rotatable bonds is 5. The first-order valence-electron chi connectivity index (χ1n) is 8.35. The molecule has 0 aliphatic rings. The van der Waals surface area contributed by atoms with Gasteiger partial charge in [0.05, 0.1) is 23.3 Å². The molecule has 0 bridgehead atoms. The number of hydrogen-bond acceptors (Lipinski definition) is 3. The molecule has 0 aliphatic carbocycles. The first-order chi connectivity index (χ1) is 11.7. The van der Waals surface area contributed by atoms with Crippen molar-refractivity contribution in [3.8, 4) is 0 Å². The van der Waals surface area contributed by atoms with Gasteiger partial charge in [0.25, 0.3) is 0 Å². The van der Waals surface area contributed by atoms with Gasteiger partial charge < -0.3 is 14.7 Å². The molecule has 2 heterocycles. The lowest BCUT2D eigenvalue weighted by Crippen LogP contribution is -2.26. The van der Waals surface area contributed by atoms with Crippen molar-refractivity contribution >= 4 is 22.0 Å². The van der Waals surface area contributed by atoms with Gasteiger partial charge in [0.15, 0.2) is 0 Å². The second kappa shape index (κ2) is 6.13. The second-order valence-corrected chi connectivity index (χ2v) is 6.50. The number of aromatic amines is 1. The van der Waals surface area contributed by atoms with Crippen LogP contribution in [0.2, 0.25) is 0 Å². The summed E-state index contributed by atoms with van der Waals surface area (Å²) in [4.78, 5) is 8.20. The molecule has 2 N–H and O–H groups in total. The van der Waals surface area contributed by atoms with E-state index < -0.39 is 0 Å². The Morgan fingerprint density at radius 3 is 2.71 bits per heavy atom. The number of furan rings is 1. The summed E-state index contributed by atoms with van der Waals surface area (Å²) in [5.41, 5.74) is 4.19. The number of nitrogens with zero attached hydrogens (tertiary/aromatic N) is 1. The van der Waals surface area contributed by atoms with Gasteiger partial charge in [-0.15, -0.1) is 0 Å². The number of imidazole rings is 1. The molecule has 0 aliphatic heterocycles. The Labute approximate surface area is 140 Å². The number of hydrogen-bond donors (Lipinski definition) is 2. The van der Waals surface area contributed by atoms with Crippen LogP contribution in [-0.4, -0.2) is 9.97 Å². The molecule has 122 valence electrons. The number of benzene rings is 2. The van der Waals surface area contributed by atoms with Gasteiger partial charge in [-0.1, -0.05) is 44.2 Å². The third-order valence-corrected chi connectivity index (χ3v) is 4.44. The highest BCUT2D eigenvalue weighted by Crippen LogP contribution is 2.25. The standard InChI is InChI=1S/C20H21N3O/c1-13(2)19(20-22-16-8-4-5-9-17(16)23-20)21-11-14-12-24-18-10-6-3-7-15(14)18/h3-10,12-13,19,21H,11H2,1-2H3,(H,22,23)/t19-/m0/s1. The van der Waals surface area contributed by atoms with Gasteiger partial charge in [0.1, 0.15) is 11.4 Å². The molecule has 0 amide bonds. The first-order valence-corrected chi connectivity index (χ1v) is 8.35. The summed E-state index contributed by atoms with van der Waals surface area (Å²) in [6.07, 6.45) is 1.84. The van der Waals surface area contributed by atoms with Crippen LogP contribution in [0.4, 0.5) is 0 Å². The molecule has 4 rings (SSSR count). The van der Waals surface area contributed by atoms with Crippen molar-refractivity contribution in [1.82, 2.24) is 15.3 Å². The van der Waals surface area contributed by atoms with Crippen LogP contribution in [-0.2, 0) is 6.54 Å². The molecule has 0 saturated carbocycles. The van der Waals surface area contributed by atoms with Crippen molar-refractivity contribution in [3.05, 3.63) is 66.2 Å². The van der Waals surface area contributed by atoms with E-state index in [0.29, 0.717) is 5.92 Å². The maximum Gasteiger partial charge on any atom is 0.134 e. The molecule has 0 spiro atoms. The van der Waals surface area contributed by atoms with Crippen molar-refractivity contribution in [2.75, 3.05) is 0 Å².